The van der Waals surface area contributed by atoms with Crippen LogP contribution in [0.1, 0.15) is 73.7 Å². The third-order valence-electron chi connectivity index (χ3n) is 16.2. The first-order valence-corrected chi connectivity index (χ1v) is 32.0. The first-order valence-electron chi connectivity index (χ1n) is 30.9. The van der Waals surface area contributed by atoms with Crippen LogP contribution in [0.25, 0.3) is 10.9 Å². The molecule has 4 heterocycles. The van der Waals surface area contributed by atoms with Gasteiger partial charge in [0.25, 0.3) is 11.8 Å². The Hall–Kier alpha value is -7.77. The number of carbonyl (C=O) groups excluding carboxylic acids is 7. The molecule has 7 N–H and O–H groups in total. The van der Waals surface area contributed by atoms with Crippen molar-refractivity contribution in [2.75, 3.05) is 138 Å². The van der Waals surface area contributed by atoms with E-state index in [0.717, 1.165) is 27.6 Å². The number of carboxylic acid groups (broad SMARTS) is 3. The summed E-state index contributed by atoms with van der Waals surface area (Å²) in [6, 6.07) is 12.1. The first-order chi connectivity index (χ1) is 44.5. The number of likely N-dealkylation sites (tertiary alicyclic amines) is 2. The highest BCUT2D eigenvalue weighted by Gasteiger charge is 2.47. The molecule has 3 aromatic rings. The van der Waals surface area contributed by atoms with Crippen LogP contribution in [0.5, 0.6) is 5.75 Å². The van der Waals surface area contributed by atoms with Gasteiger partial charge in [-0.2, -0.15) is 5.26 Å². The lowest BCUT2D eigenvalue weighted by atomic mass is 9.92. The number of hydrogen-bond donors (Lipinski definition) is 7. The average molecular weight is 1420 g/mol. The number of rotatable bonds is 32. The van der Waals surface area contributed by atoms with Crippen LogP contribution in [-0.2, 0) is 59.0 Å². The summed E-state index contributed by atoms with van der Waals surface area (Å²) in [6.07, 6.45) is 4.10. The summed E-state index contributed by atoms with van der Waals surface area (Å²) in [5, 5.41) is 49.4. The van der Waals surface area contributed by atoms with Gasteiger partial charge >= 0.3 is 23.9 Å². The predicted octanol–water partition coefficient (Wildman–Crippen LogP) is 1.28. The Balaban J connectivity index is 1.05. The van der Waals surface area contributed by atoms with Gasteiger partial charge in [0.15, 0.2) is 0 Å². The quantitative estimate of drug-likeness (QED) is 0.0263. The van der Waals surface area contributed by atoms with Crippen LogP contribution in [0.3, 0.4) is 0 Å². The molecule has 0 aliphatic carbocycles. The van der Waals surface area contributed by atoms with Crippen molar-refractivity contribution >= 4 is 92.8 Å². The van der Waals surface area contributed by atoms with Gasteiger partial charge in [-0.15, -0.1) is 0 Å². The zero-order valence-electron chi connectivity index (χ0n) is 52.1. The Kier molecular flexibility index (Phi) is 30.2. The summed E-state index contributed by atoms with van der Waals surface area (Å²) >= 11 is 2.23. The highest BCUT2D eigenvalue weighted by molar-refractivity contribution is 14.1. The molecule has 6 amide bonds. The minimum absolute atomic E-state index is 0.0561. The van der Waals surface area contributed by atoms with Crippen LogP contribution in [0.4, 0.5) is 8.78 Å². The van der Waals surface area contributed by atoms with Crippen LogP contribution in [0.15, 0.2) is 54.7 Å². The van der Waals surface area contributed by atoms with Crippen molar-refractivity contribution in [3.8, 4) is 11.8 Å². The number of esters is 1. The van der Waals surface area contributed by atoms with Crippen molar-refractivity contribution in [2.45, 2.75) is 88.3 Å². The molecule has 3 aliphatic heterocycles. The minimum Gasteiger partial charge on any atom is -0.494 e. The number of benzene rings is 2. The van der Waals surface area contributed by atoms with Gasteiger partial charge in [0, 0.05) is 107 Å². The molecule has 0 bridgehead atoms. The Morgan fingerprint density at radius 3 is 1.95 bits per heavy atom. The van der Waals surface area contributed by atoms with E-state index >= 15 is 0 Å². The standard InChI is InChI=1S/C62H83F2IN12O16/c1-91-58(87)33-51(61(90)76-19-14-43(15-20-76)5-3-29-93-46-11-12-49-48(32-46)47(13-17-67-49)59(88)69-36-54(80)77-41-62(63,64)34-45(77)35-66)71-60(89)50(16-30-92-31-18-68-52(78)6-2-4-42-7-9-44(65)10-8-42)70-53(79)37-72-21-23-73(38-55(81)82)25-27-75(40-57(85)86)28-26-74(24-22-72)39-56(83)84/h7-13,17,32,43,45,50-51H,2-6,14-16,18-31,33-34,36-41H2,1H3,(H,68,78)(H,69,88)(H,70,79)(H,71,89)(H,81,82)(H,83,84)(H,85,86)/t45-,50+,51+/m1/s1. The molecule has 28 nitrogen and oxygen atoms in total. The number of nitrogens with one attached hydrogen (secondary N) is 4. The predicted molar refractivity (Wildman–Crippen MR) is 338 cm³/mol. The smallest absolute Gasteiger partial charge is 0.317 e. The molecule has 31 heteroatoms. The van der Waals surface area contributed by atoms with E-state index in [2.05, 4.69) is 48.8 Å². The van der Waals surface area contributed by atoms with Crippen LogP contribution < -0.4 is 26.0 Å². The second-order valence-electron chi connectivity index (χ2n) is 23.2. The van der Waals surface area contributed by atoms with Gasteiger partial charge < -0.3 is 60.6 Å². The Labute approximate surface area is 551 Å². The van der Waals surface area contributed by atoms with Crippen molar-refractivity contribution in [1.82, 2.24) is 55.7 Å². The summed E-state index contributed by atoms with van der Waals surface area (Å²) < 4.78 is 45.9. The Bertz CT molecular complexity index is 3070. The number of nitriles is 1. The number of aromatic nitrogens is 1. The number of hydrogen-bond acceptors (Lipinski definition) is 19. The Morgan fingerprint density at radius 2 is 1.35 bits per heavy atom. The van der Waals surface area contributed by atoms with Crippen LogP contribution in [0.2, 0.25) is 0 Å². The lowest BCUT2D eigenvalue weighted by Crippen LogP contribution is -2.57. The lowest BCUT2D eigenvalue weighted by molar-refractivity contribution is -0.147. The van der Waals surface area contributed by atoms with E-state index in [-0.39, 0.29) is 148 Å². The van der Waals surface area contributed by atoms with E-state index in [1.54, 1.807) is 48.8 Å². The summed E-state index contributed by atoms with van der Waals surface area (Å²) in [7, 11) is 1.14. The van der Waals surface area contributed by atoms with Gasteiger partial charge in [-0.05, 0) is 115 Å². The molecular formula is C62H83F2IN12O16. The molecule has 508 valence electrons. The molecule has 0 saturated carbocycles. The molecule has 3 aliphatic rings. The van der Waals surface area contributed by atoms with Crippen molar-refractivity contribution < 1.29 is 86.3 Å². The van der Waals surface area contributed by atoms with E-state index in [4.69, 9.17) is 14.2 Å². The number of carbonyl (C=O) groups is 10. The molecule has 93 heavy (non-hydrogen) atoms. The topological polar surface area (TPSA) is 363 Å². The molecule has 6 rings (SSSR count). The normalized spacial score (nSPS) is 17.8. The number of fused-ring (bicyclic) bond motifs is 1. The molecule has 2 aromatic carbocycles. The lowest BCUT2D eigenvalue weighted by Gasteiger charge is -2.34. The fraction of sp³-hybridized carbons (Fsp3) is 0.581. The van der Waals surface area contributed by atoms with Crippen molar-refractivity contribution in [3.63, 3.8) is 0 Å². The number of aryl methyl sites for hydroxylation is 1. The van der Waals surface area contributed by atoms with Crippen LogP contribution >= 0.6 is 22.6 Å². The highest BCUT2D eigenvalue weighted by atomic mass is 127. The van der Waals surface area contributed by atoms with Gasteiger partial charge in [-0.25, -0.2) is 8.78 Å². The third-order valence-corrected chi connectivity index (χ3v) is 16.9. The monoisotopic (exact) mass is 1420 g/mol. The summed E-state index contributed by atoms with van der Waals surface area (Å²) in [5.74, 6) is -10.4. The van der Waals surface area contributed by atoms with Crippen LogP contribution in [-0.4, -0.2) is 271 Å². The molecular weight excluding hydrogens is 1330 g/mol. The number of alkyl halides is 2. The van der Waals surface area contributed by atoms with Gasteiger partial charge in [0.1, 0.15) is 23.9 Å². The number of halogens is 3. The van der Waals surface area contributed by atoms with Gasteiger partial charge in [-0.3, -0.25) is 72.5 Å². The molecule has 0 radical (unpaired) electrons. The zero-order chi connectivity index (χ0) is 67.5. The van der Waals surface area contributed by atoms with Crippen LogP contribution in [0, 0.1) is 20.8 Å². The highest BCUT2D eigenvalue weighted by Crippen LogP contribution is 2.32. The summed E-state index contributed by atoms with van der Waals surface area (Å²) in [4.78, 5) is 143. The molecule has 3 saturated heterocycles. The number of ether oxygens (including phenoxy) is 3. The van der Waals surface area contributed by atoms with Gasteiger partial charge in [0.2, 0.25) is 29.5 Å². The molecule has 3 atom stereocenters. The van der Waals surface area contributed by atoms with E-state index < -0.39 is 103 Å². The Morgan fingerprint density at radius 1 is 0.742 bits per heavy atom. The van der Waals surface area contributed by atoms with Crippen molar-refractivity contribution in [1.29, 1.82) is 5.26 Å². The number of amides is 6. The maximum atomic E-state index is 14.4. The van der Waals surface area contributed by atoms with Gasteiger partial charge in [-0.1, -0.05) is 12.1 Å². The fourth-order valence-corrected chi connectivity index (χ4v) is 11.5. The first kappa shape index (κ1) is 74.3. The molecule has 0 spiro atoms. The van der Waals surface area contributed by atoms with E-state index in [1.807, 2.05) is 24.3 Å². The number of methoxy groups -OCH3 is 1. The number of aliphatic carboxylic acids is 3. The number of pyridine rings is 1. The third kappa shape index (κ3) is 25.9. The molecule has 3 fully saturated rings. The fourth-order valence-electron chi connectivity index (χ4n) is 11.2. The van der Waals surface area contributed by atoms with E-state index in [9.17, 15) is 77.3 Å². The SMILES string of the molecule is COC(=O)C[C@H](NC(=O)[C@H](CCOCCNC(=O)CCCc1ccc(I)cc1)NC(=O)CN1CCN(CC(=O)O)CCN(CC(=O)O)CCN(CC(=O)O)CC1)C(=O)N1CCC(CCCOc2ccc3nccc(C(=O)NCC(=O)N4CC(F)(F)C[C@@H]4C#N)c3c2)CC1. The van der Waals surface area contributed by atoms with E-state index in [1.165, 1.54) is 12.3 Å². The largest absolute Gasteiger partial charge is 0.494 e. The van der Waals surface area contributed by atoms with Crippen molar-refractivity contribution in [2.24, 2.45) is 5.92 Å². The van der Waals surface area contributed by atoms with E-state index in [0.29, 0.717) is 48.8 Å². The average Bonchev–Trinajstić information content (AvgIpc) is 1.91. The number of piperidine rings is 1. The minimum atomic E-state index is -3.21. The van der Waals surface area contributed by atoms with Gasteiger partial charge in [0.05, 0.1) is 83.2 Å². The second-order valence-corrected chi connectivity index (χ2v) is 24.4. The molecule has 0 unspecified atom stereocenters. The van der Waals surface area contributed by atoms with Crippen molar-refractivity contribution in [3.05, 3.63) is 69.4 Å². The number of carboxylic acids is 3. The summed E-state index contributed by atoms with van der Waals surface area (Å²) in [6.45, 7) is -0.880. The molecule has 1 aromatic heterocycles. The maximum absolute atomic E-state index is 14.4. The summed E-state index contributed by atoms with van der Waals surface area (Å²) in [5.41, 5.74) is 1.74. The second kappa shape index (κ2) is 37.8. The zero-order valence-corrected chi connectivity index (χ0v) is 54.2. The number of nitrogens with zero attached hydrogens (tertiary/aromatic N) is 8. The maximum Gasteiger partial charge on any atom is 0.317 e.